The van der Waals surface area contributed by atoms with Gasteiger partial charge in [0.05, 0.1) is 11.3 Å². The number of carboxylic acids is 1. The standard InChI is InChI=1S/C16H21N3O6S/c17-14(20)10-13(16(22)23)18-15(21)11-4-6-12(7-5-11)26(24,25)19-8-2-1-3-9-19/h4-7,13H,1-3,8-10H2,(H2,17,20)(H,18,21)(H,22,23). The molecule has 2 rings (SSSR count). The molecule has 142 valence electrons. The minimum absolute atomic E-state index is 0.0721. The van der Waals surface area contributed by atoms with Gasteiger partial charge in [-0.15, -0.1) is 0 Å². The summed E-state index contributed by atoms with van der Waals surface area (Å²) < 4.78 is 26.5. The van der Waals surface area contributed by atoms with Crippen LogP contribution in [0.3, 0.4) is 0 Å². The summed E-state index contributed by atoms with van der Waals surface area (Å²) in [6.07, 6.45) is 2.09. The number of hydrogen-bond donors (Lipinski definition) is 3. The Hall–Kier alpha value is -2.46. The van der Waals surface area contributed by atoms with E-state index in [-0.39, 0.29) is 10.5 Å². The number of benzene rings is 1. The van der Waals surface area contributed by atoms with Crippen LogP contribution in [0.2, 0.25) is 0 Å². The molecule has 10 heteroatoms. The van der Waals surface area contributed by atoms with Crippen molar-refractivity contribution in [2.45, 2.75) is 36.6 Å². The summed E-state index contributed by atoms with van der Waals surface area (Å²) in [6, 6.07) is 3.77. The number of carbonyl (C=O) groups is 3. The first-order valence-corrected chi connectivity index (χ1v) is 9.58. The molecule has 0 spiro atoms. The molecule has 1 aromatic rings. The number of carboxylic acid groups (broad SMARTS) is 1. The topological polar surface area (TPSA) is 147 Å². The van der Waals surface area contributed by atoms with Gasteiger partial charge in [0.2, 0.25) is 15.9 Å². The summed E-state index contributed by atoms with van der Waals surface area (Å²) in [6.45, 7) is 0.940. The van der Waals surface area contributed by atoms with E-state index in [0.717, 1.165) is 19.3 Å². The lowest BCUT2D eigenvalue weighted by Gasteiger charge is -2.25. The van der Waals surface area contributed by atoms with Gasteiger partial charge in [0.1, 0.15) is 6.04 Å². The minimum atomic E-state index is -3.61. The van der Waals surface area contributed by atoms with Crippen LogP contribution >= 0.6 is 0 Å². The van der Waals surface area contributed by atoms with E-state index in [2.05, 4.69) is 5.32 Å². The Labute approximate surface area is 151 Å². The van der Waals surface area contributed by atoms with Gasteiger partial charge < -0.3 is 16.2 Å². The van der Waals surface area contributed by atoms with Crippen LogP contribution in [0, 0.1) is 0 Å². The van der Waals surface area contributed by atoms with E-state index in [0.29, 0.717) is 13.1 Å². The van der Waals surface area contributed by atoms with Gasteiger partial charge in [-0.05, 0) is 37.1 Å². The maximum Gasteiger partial charge on any atom is 0.326 e. The molecule has 0 saturated carbocycles. The summed E-state index contributed by atoms with van der Waals surface area (Å²) in [4.78, 5) is 34.1. The summed E-state index contributed by atoms with van der Waals surface area (Å²) in [7, 11) is -3.61. The largest absolute Gasteiger partial charge is 0.480 e. The van der Waals surface area contributed by atoms with Gasteiger partial charge in [-0.25, -0.2) is 13.2 Å². The van der Waals surface area contributed by atoms with Crippen molar-refractivity contribution in [3.63, 3.8) is 0 Å². The predicted octanol–water partition coefficient (Wildman–Crippen LogP) is -0.0804. The number of nitrogens with zero attached hydrogens (tertiary/aromatic N) is 1. The highest BCUT2D eigenvalue weighted by atomic mass is 32.2. The Kier molecular flexibility index (Phi) is 6.32. The Bertz CT molecular complexity index is 785. The third kappa shape index (κ3) is 4.79. The molecule has 1 unspecified atom stereocenters. The first-order chi connectivity index (χ1) is 12.2. The van der Waals surface area contributed by atoms with Crippen molar-refractivity contribution in [3.05, 3.63) is 29.8 Å². The number of rotatable bonds is 7. The highest BCUT2D eigenvalue weighted by molar-refractivity contribution is 7.89. The molecule has 1 aliphatic rings. The van der Waals surface area contributed by atoms with Gasteiger partial charge in [0.15, 0.2) is 0 Å². The van der Waals surface area contributed by atoms with Gasteiger partial charge in [-0.2, -0.15) is 4.31 Å². The molecule has 0 aliphatic carbocycles. The van der Waals surface area contributed by atoms with Crippen molar-refractivity contribution in [1.82, 2.24) is 9.62 Å². The van der Waals surface area contributed by atoms with E-state index in [4.69, 9.17) is 10.8 Å². The van der Waals surface area contributed by atoms with Crippen LogP contribution in [0.5, 0.6) is 0 Å². The Morgan fingerprint density at radius 1 is 1.12 bits per heavy atom. The van der Waals surface area contributed by atoms with Crippen molar-refractivity contribution in [3.8, 4) is 0 Å². The number of aliphatic carboxylic acids is 1. The van der Waals surface area contributed by atoms with E-state index >= 15 is 0 Å². The van der Waals surface area contributed by atoms with Crippen LogP contribution in [0.1, 0.15) is 36.0 Å². The van der Waals surface area contributed by atoms with E-state index in [1.165, 1.54) is 28.6 Å². The van der Waals surface area contributed by atoms with Gasteiger partial charge in [-0.1, -0.05) is 6.42 Å². The number of nitrogens with one attached hydrogen (secondary N) is 1. The van der Waals surface area contributed by atoms with E-state index in [9.17, 15) is 22.8 Å². The highest BCUT2D eigenvalue weighted by Gasteiger charge is 2.26. The highest BCUT2D eigenvalue weighted by Crippen LogP contribution is 2.20. The van der Waals surface area contributed by atoms with Crippen molar-refractivity contribution >= 4 is 27.8 Å². The molecule has 0 bridgehead atoms. The van der Waals surface area contributed by atoms with Crippen molar-refractivity contribution in [2.24, 2.45) is 5.73 Å². The normalized spacial score (nSPS) is 16.6. The van der Waals surface area contributed by atoms with Gasteiger partial charge in [0.25, 0.3) is 5.91 Å². The third-order valence-electron chi connectivity index (χ3n) is 4.08. The lowest BCUT2D eigenvalue weighted by molar-refractivity contribution is -0.140. The number of hydrogen-bond acceptors (Lipinski definition) is 5. The smallest absolute Gasteiger partial charge is 0.326 e. The van der Waals surface area contributed by atoms with Crippen LogP contribution in [0.15, 0.2) is 29.2 Å². The molecule has 1 heterocycles. The Balaban J connectivity index is 2.11. The molecule has 0 aromatic heterocycles. The molecule has 4 N–H and O–H groups in total. The predicted molar refractivity (Wildman–Crippen MR) is 91.8 cm³/mol. The van der Waals surface area contributed by atoms with Gasteiger partial charge >= 0.3 is 5.97 Å². The lowest BCUT2D eigenvalue weighted by Crippen LogP contribution is -2.43. The number of nitrogens with two attached hydrogens (primary N) is 1. The quantitative estimate of drug-likeness (QED) is 0.600. The molecule has 0 radical (unpaired) electrons. The lowest BCUT2D eigenvalue weighted by atomic mass is 10.1. The Morgan fingerprint density at radius 2 is 1.69 bits per heavy atom. The second-order valence-electron chi connectivity index (χ2n) is 6.02. The van der Waals surface area contributed by atoms with Gasteiger partial charge in [0, 0.05) is 18.7 Å². The SMILES string of the molecule is NC(=O)CC(NC(=O)c1ccc(S(=O)(=O)N2CCCCC2)cc1)C(=O)O. The van der Waals surface area contributed by atoms with Crippen molar-refractivity contribution in [2.75, 3.05) is 13.1 Å². The fraction of sp³-hybridized carbons (Fsp3) is 0.438. The first-order valence-electron chi connectivity index (χ1n) is 8.14. The molecule has 1 saturated heterocycles. The fourth-order valence-electron chi connectivity index (χ4n) is 2.68. The third-order valence-corrected chi connectivity index (χ3v) is 5.99. The summed E-state index contributed by atoms with van der Waals surface area (Å²) >= 11 is 0. The van der Waals surface area contributed by atoms with Crippen molar-refractivity contribution in [1.29, 1.82) is 0 Å². The summed E-state index contributed by atoms with van der Waals surface area (Å²) in [5.74, 6) is -2.98. The molecule has 2 amide bonds. The van der Waals surface area contributed by atoms with E-state index < -0.39 is 40.3 Å². The number of amides is 2. The maximum atomic E-state index is 12.6. The molecule has 1 aromatic carbocycles. The molecule has 26 heavy (non-hydrogen) atoms. The number of carbonyl (C=O) groups excluding carboxylic acids is 2. The molecular weight excluding hydrogens is 362 g/mol. The summed E-state index contributed by atoms with van der Waals surface area (Å²) in [5, 5.41) is 11.2. The van der Waals surface area contributed by atoms with Crippen LogP contribution < -0.4 is 11.1 Å². The Morgan fingerprint density at radius 3 is 2.19 bits per heavy atom. The van der Waals surface area contributed by atoms with E-state index in [1.807, 2.05) is 0 Å². The zero-order valence-corrected chi connectivity index (χ0v) is 14.9. The minimum Gasteiger partial charge on any atom is -0.480 e. The van der Waals surface area contributed by atoms with Crippen LogP contribution in [-0.4, -0.2) is 54.7 Å². The first kappa shape index (κ1) is 19.9. The monoisotopic (exact) mass is 383 g/mol. The molecule has 1 fully saturated rings. The second kappa shape index (κ2) is 8.28. The summed E-state index contributed by atoms with van der Waals surface area (Å²) in [5.41, 5.74) is 5.04. The zero-order chi connectivity index (χ0) is 19.3. The average Bonchev–Trinajstić information content (AvgIpc) is 2.61. The molecule has 1 atom stereocenters. The van der Waals surface area contributed by atoms with Gasteiger partial charge in [-0.3, -0.25) is 9.59 Å². The average molecular weight is 383 g/mol. The molecular formula is C16H21N3O6S. The number of primary amides is 1. The molecule has 9 nitrogen and oxygen atoms in total. The van der Waals surface area contributed by atoms with Crippen molar-refractivity contribution < 1.29 is 27.9 Å². The number of sulfonamides is 1. The second-order valence-corrected chi connectivity index (χ2v) is 7.96. The van der Waals surface area contributed by atoms with Crippen LogP contribution in [0.4, 0.5) is 0 Å². The van der Waals surface area contributed by atoms with Crippen LogP contribution in [0.25, 0.3) is 0 Å². The van der Waals surface area contributed by atoms with E-state index in [1.54, 1.807) is 0 Å². The fourth-order valence-corrected chi connectivity index (χ4v) is 4.19. The maximum absolute atomic E-state index is 12.6. The molecule has 1 aliphatic heterocycles. The zero-order valence-electron chi connectivity index (χ0n) is 14.1. The van der Waals surface area contributed by atoms with Crippen LogP contribution in [-0.2, 0) is 19.6 Å². The number of piperidine rings is 1.